The summed E-state index contributed by atoms with van der Waals surface area (Å²) in [5.74, 6) is 0.847. The summed E-state index contributed by atoms with van der Waals surface area (Å²) in [7, 11) is 4.39. The van der Waals surface area contributed by atoms with Gasteiger partial charge in [0.25, 0.3) is 0 Å². The van der Waals surface area contributed by atoms with Crippen LogP contribution in [-0.4, -0.2) is 21.3 Å². The first kappa shape index (κ1) is 16.2. The monoisotopic (exact) mass is 346 g/mol. The Hall–Kier alpha value is -2.66. The molecule has 24 heavy (non-hydrogen) atoms. The fourth-order valence-electron chi connectivity index (χ4n) is 2.62. The second-order valence-electron chi connectivity index (χ2n) is 4.97. The van der Waals surface area contributed by atoms with E-state index in [-0.39, 0.29) is 22.1 Å². The summed E-state index contributed by atoms with van der Waals surface area (Å²) in [5.41, 5.74) is 0.879. The molecule has 1 aromatic heterocycles. The van der Waals surface area contributed by atoms with Crippen molar-refractivity contribution in [1.82, 2.24) is 0 Å². The predicted molar refractivity (Wildman–Crippen MR) is 92.6 cm³/mol. The molecule has 0 spiro atoms. The van der Waals surface area contributed by atoms with Crippen LogP contribution in [0.1, 0.15) is 0 Å². The molecule has 0 unspecified atom stereocenters. The minimum atomic E-state index is -0.488. The summed E-state index contributed by atoms with van der Waals surface area (Å²) in [5, 5.41) is 0.774. The van der Waals surface area contributed by atoms with E-state index in [1.54, 1.807) is 6.07 Å². The number of hydrogen-bond donors (Lipinski definition) is 0. The molecule has 0 fully saturated rings. The molecule has 0 amide bonds. The fourth-order valence-corrected chi connectivity index (χ4v) is 2.96. The van der Waals surface area contributed by atoms with Gasteiger partial charge in [0.05, 0.1) is 32.3 Å². The molecule has 0 radical (unpaired) electrons. The lowest BCUT2D eigenvalue weighted by Gasteiger charge is -2.15. The summed E-state index contributed by atoms with van der Waals surface area (Å²) in [6, 6.07) is 10.9. The Morgan fingerprint density at radius 2 is 1.54 bits per heavy atom. The van der Waals surface area contributed by atoms with Gasteiger partial charge in [-0.1, -0.05) is 41.9 Å². The summed E-state index contributed by atoms with van der Waals surface area (Å²) in [6.45, 7) is 0. The zero-order valence-corrected chi connectivity index (χ0v) is 14.1. The maximum Gasteiger partial charge on any atom is 0.344 e. The van der Waals surface area contributed by atoms with Crippen molar-refractivity contribution in [1.29, 1.82) is 0 Å². The van der Waals surface area contributed by atoms with Crippen LogP contribution in [0.2, 0.25) is 5.02 Å². The summed E-state index contributed by atoms with van der Waals surface area (Å²) in [4.78, 5) is 12.4. The molecule has 1 heterocycles. The lowest BCUT2D eigenvalue weighted by Crippen LogP contribution is -2.05. The first-order valence-electron chi connectivity index (χ1n) is 7.13. The second kappa shape index (κ2) is 6.45. The van der Waals surface area contributed by atoms with Crippen molar-refractivity contribution in [3.05, 3.63) is 51.8 Å². The first-order chi connectivity index (χ1) is 11.6. The maximum absolute atomic E-state index is 12.4. The van der Waals surface area contributed by atoms with Gasteiger partial charge in [0.15, 0.2) is 17.1 Å². The summed E-state index contributed by atoms with van der Waals surface area (Å²) in [6.07, 6.45) is 0. The van der Waals surface area contributed by atoms with E-state index in [9.17, 15) is 4.79 Å². The van der Waals surface area contributed by atoms with E-state index in [0.717, 1.165) is 5.56 Å². The Balaban J connectivity index is 2.44. The molecule has 0 N–H and O–H groups in total. The molecular weight excluding hydrogens is 332 g/mol. The molecule has 124 valence electrons. The Labute approximate surface area is 143 Å². The average Bonchev–Trinajstić information content (AvgIpc) is 2.61. The van der Waals surface area contributed by atoms with Gasteiger partial charge in [0.1, 0.15) is 5.02 Å². The molecule has 3 rings (SSSR count). The molecule has 3 aromatic rings. The van der Waals surface area contributed by atoms with Gasteiger partial charge in [-0.2, -0.15) is 0 Å². The minimum Gasteiger partial charge on any atom is -0.494 e. The van der Waals surface area contributed by atoms with Gasteiger partial charge in [-0.25, -0.2) is 4.79 Å². The highest BCUT2D eigenvalue weighted by Gasteiger charge is 2.24. The highest BCUT2D eigenvalue weighted by Crippen LogP contribution is 2.48. The van der Waals surface area contributed by atoms with Crippen LogP contribution in [0.5, 0.6) is 17.2 Å². The number of halogens is 1. The third-order valence-electron chi connectivity index (χ3n) is 3.70. The normalized spacial score (nSPS) is 10.7. The Kier molecular flexibility index (Phi) is 4.36. The molecule has 5 nitrogen and oxygen atoms in total. The van der Waals surface area contributed by atoms with Crippen molar-refractivity contribution >= 4 is 22.6 Å². The van der Waals surface area contributed by atoms with Crippen molar-refractivity contribution in [3.8, 4) is 28.4 Å². The molecule has 0 aliphatic carbocycles. The van der Waals surface area contributed by atoms with Gasteiger partial charge in [0, 0.05) is 0 Å². The van der Waals surface area contributed by atoms with Crippen molar-refractivity contribution in [3.63, 3.8) is 0 Å². The second-order valence-corrected chi connectivity index (χ2v) is 5.35. The number of hydrogen-bond acceptors (Lipinski definition) is 5. The van der Waals surface area contributed by atoms with Crippen LogP contribution in [-0.2, 0) is 0 Å². The molecule has 0 aliphatic heterocycles. The van der Waals surface area contributed by atoms with E-state index < -0.39 is 5.63 Å². The van der Waals surface area contributed by atoms with Gasteiger partial charge in [-0.15, -0.1) is 0 Å². The van der Waals surface area contributed by atoms with Gasteiger partial charge in [-0.05, 0) is 11.6 Å². The van der Waals surface area contributed by atoms with Crippen LogP contribution in [0.4, 0.5) is 0 Å². The van der Waals surface area contributed by atoms with Crippen molar-refractivity contribution in [2.24, 2.45) is 0 Å². The van der Waals surface area contributed by atoms with Gasteiger partial charge in [0.2, 0.25) is 5.75 Å². The number of rotatable bonds is 4. The lowest BCUT2D eigenvalue weighted by atomic mass is 10.1. The number of benzene rings is 2. The highest BCUT2D eigenvalue weighted by atomic mass is 35.5. The van der Waals surface area contributed by atoms with Crippen LogP contribution in [0.25, 0.3) is 22.1 Å². The molecule has 6 heteroatoms. The highest BCUT2D eigenvalue weighted by molar-refractivity contribution is 6.35. The van der Waals surface area contributed by atoms with E-state index in [1.165, 1.54) is 21.3 Å². The molecular formula is C18H15ClO5. The lowest BCUT2D eigenvalue weighted by molar-refractivity contribution is 0.347. The molecule has 0 saturated heterocycles. The maximum atomic E-state index is 12.4. The Bertz CT molecular complexity index is 947. The van der Waals surface area contributed by atoms with Gasteiger partial charge < -0.3 is 18.6 Å². The van der Waals surface area contributed by atoms with E-state index in [0.29, 0.717) is 16.7 Å². The van der Waals surface area contributed by atoms with Crippen LogP contribution < -0.4 is 19.8 Å². The van der Waals surface area contributed by atoms with Crippen LogP contribution >= 0.6 is 11.6 Å². The van der Waals surface area contributed by atoms with Crippen molar-refractivity contribution < 1.29 is 18.6 Å². The van der Waals surface area contributed by atoms with Crippen LogP contribution in [0, 0.1) is 0 Å². The van der Waals surface area contributed by atoms with E-state index in [4.69, 9.17) is 30.2 Å². The summed E-state index contributed by atoms with van der Waals surface area (Å²) >= 11 is 6.36. The largest absolute Gasteiger partial charge is 0.494 e. The molecule has 0 aliphatic rings. The number of fused-ring (bicyclic) bond motifs is 1. The zero-order chi connectivity index (χ0) is 17.3. The standard InChI is InChI=1S/C18H15ClO5/c1-21-14-12-9-11(10-7-5-4-6-8-10)18(20)24-15(12)17(23-3)16(22-2)13(14)19/h4-9H,1-3H3. The minimum absolute atomic E-state index is 0.222. The average molecular weight is 347 g/mol. The third kappa shape index (κ3) is 2.47. The quantitative estimate of drug-likeness (QED) is 0.664. The summed E-state index contributed by atoms with van der Waals surface area (Å²) < 4.78 is 21.5. The topological polar surface area (TPSA) is 57.9 Å². The molecule has 0 bridgehead atoms. The fraction of sp³-hybridized carbons (Fsp3) is 0.167. The van der Waals surface area contributed by atoms with Gasteiger partial charge >= 0.3 is 5.63 Å². The van der Waals surface area contributed by atoms with E-state index >= 15 is 0 Å². The first-order valence-corrected chi connectivity index (χ1v) is 7.50. The molecule has 0 saturated carbocycles. The van der Waals surface area contributed by atoms with Gasteiger partial charge in [-0.3, -0.25) is 0 Å². The third-order valence-corrected chi connectivity index (χ3v) is 4.04. The number of ether oxygens (including phenoxy) is 3. The van der Waals surface area contributed by atoms with E-state index in [2.05, 4.69) is 0 Å². The predicted octanol–water partition coefficient (Wildman–Crippen LogP) is 4.14. The Morgan fingerprint density at radius 1 is 0.917 bits per heavy atom. The Morgan fingerprint density at radius 3 is 2.12 bits per heavy atom. The van der Waals surface area contributed by atoms with Crippen molar-refractivity contribution in [2.45, 2.75) is 0 Å². The number of methoxy groups -OCH3 is 3. The molecule has 0 atom stereocenters. The zero-order valence-electron chi connectivity index (χ0n) is 13.4. The SMILES string of the molecule is COc1c(Cl)c(OC)c2cc(-c3ccccc3)c(=O)oc2c1OC. The molecule has 2 aromatic carbocycles. The van der Waals surface area contributed by atoms with Crippen molar-refractivity contribution in [2.75, 3.05) is 21.3 Å². The van der Waals surface area contributed by atoms with Crippen LogP contribution in [0.15, 0.2) is 45.6 Å². The van der Waals surface area contributed by atoms with E-state index in [1.807, 2.05) is 30.3 Å². The smallest absolute Gasteiger partial charge is 0.344 e. The van der Waals surface area contributed by atoms with Crippen LogP contribution in [0.3, 0.4) is 0 Å².